The third-order valence-corrected chi connectivity index (χ3v) is 3.34. The van der Waals surface area contributed by atoms with Crippen LogP contribution < -0.4 is 0 Å². The summed E-state index contributed by atoms with van der Waals surface area (Å²) in [6.07, 6.45) is 8.35. The lowest BCUT2D eigenvalue weighted by Gasteiger charge is -2.36. The minimum absolute atomic E-state index is 0.0691. The van der Waals surface area contributed by atoms with Crippen molar-refractivity contribution in [3.05, 3.63) is 0 Å². The van der Waals surface area contributed by atoms with Crippen LogP contribution in [-0.2, 0) is 9.53 Å². The second-order valence-electron chi connectivity index (χ2n) is 4.44. The summed E-state index contributed by atoms with van der Waals surface area (Å²) in [5, 5.41) is 0. The molecule has 0 radical (unpaired) electrons. The molecule has 0 unspecified atom stereocenters. The van der Waals surface area contributed by atoms with Crippen molar-refractivity contribution in [1.29, 1.82) is 0 Å². The van der Waals surface area contributed by atoms with Gasteiger partial charge in [0.15, 0.2) is 0 Å². The molecule has 1 rings (SSSR count). The summed E-state index contributed by atoms with van der Waals surface area (Å²) in [7, 11) is 0. The van der Waals surface area contributed by atoms with E-state index in [2.05, 4.69) is 19.6 Å². The van der Waals surface area contributed by atoms with Crippen molar-refractivity contribution < 1.29 is 9.53 Å². The third kappa shape index (κ3) is 4.06. The van der Waals surface area contributed by atoms with Crippen molar-refractivity contribution in [2.45, 2.75) is 63.9 Å². The average molecular weight is 230 g/mol. The van der Waals surface area contributed by atoms with Crippen LogP contribution in [0.25, 0.3) is 0 Å². The van der Waals surface area contributed by atoms with Gasteiger partial charge in [0.2, 0.25) is 0 Å². The van der Waals surface area contributed by atoms with Crippen LogP contribution in [0.3, 0.4) is 0 Å². The number of ether oxygens (including phenoxy) is 1. The first-order valence-electron chi connectivity index (χ1n) is 6.05. The topological polar surface area (TPSA) is 26.3 Å². The van der Waals surface area contributed by atoms with Crippen molar-refractivity contribution >= 4 is 18.6 Å². The molecule has 0 aromatic rings. The van der Waals surface area contributed by atoms with Gasteiger partial charge in [0.1, 0.15) is 5.60 Å². The number of hydrogen-bond donors (Lipinski definition) is 1. The molecule has 15 heavy (non-hydrogen) atoms. The van der Waals surface area contributed by atoms with E-state index in [0.717, 1.165) is 25.7 Å². The first-order valence-corrected chi connectivity index (χ1v) is 6.68. The fourth-order valence-electron chi connectivity index (χ4n) is 2.44. The number of carbonyl (C=O) groups excluding carboxylic acids is 1. The van der Waals surface area contributed by atoms with Crippen LogP contribution in [0.4, 0.5) is 0 Å². The number of rotatable bonds is 5. The molecule has 0 aromatic carbocycles. The van der Waals surface area contributed by atoms with Gasteiger partial charge in [-0.1, -0.05) is 19.8 Å². The SMILES string of the molecule is CCCC1(OC(=O)CCS)CCCCC1. The molecule has 0 amide bonds. The predicted molar refractivity (Wildman–Crippen MR) is 65.3 cm³/mol. The summed E-state index contributed by atoms with van der Waals surface area (Å²) in [6.45, 7) is 2.16. The highest BCUT2D eigenvalue weighted by molar-refractivity contribution is 7.80. The van der Waals surface area contributed by atoms with Gasteiger partial charge in [-0.25, -0.2) is 0 Å². The predicted octanol–water partition coefficient (Wildman–Crippen LogP) is 3.35. The zero-order valence-electron chi connectivity index (χ0n) is 9.63. The van der Waals surface area contributed by atoms with Gasteiger partial charge >= 0.3 is 5.97 Å². The summed E-state index contributed by atoms with van der Waals surface area (Å²) in [6, 6.07) is 0. The van der Waals surface area contributed by atoms with Crippen LogP contribution in [0.1, 0.15) is 58.3 Å². The lowest BCUT2D eigenvalue weighted by atomic mass is 9.81. The molecule has 1 fully saturated rings. The van der Waals surface area contributed by atoms with E-state index in [9.17, 15) is 4.79 Å². The molecular weight excluding hydrogens is 208 g/mol. The second kappa shape index (κ2) is 6.41. The Morgan fingerprint density at radius 1 is 1.33 bits per heavy atom. The van der Waals surface area contributed by atoms with Gasteiger partial charge in [0.05, 0.1) is 6.42 Å². The van der Waals surface area contributed by atoms with Crippen molar-refractivity contribution in [3.8, 4) is 0 Å². The van der Waals surface area contributed by atoms with E-state index in [1.807, 2.05) is 0 Å². The molecule has 0 aliphatic heterocycles. The van der Waals surface area contributed by atoms with Gasteiger partial charge in [-0.15, -0.1) is 0 Å². The number of carbonyl (C=O) groups is 1. The van der Waals surface area contributed by atoms with E-state index < -0.39 is 0 Å². The lowest BCUT2D eigenvalue weighted by molar-refractivity contribution is -0.163. The van der Waals surface area contributed by atoms with Gasteiger partial charge in [0.25, 0.3) is 0 Å². The zero-order valence-corrected chi connectivity index (χ0v) is 10.5. The molecule has 0 atom stereocenters. The van der Waals surface area contributed by atoms with Crippen LogP contribution in [0.5, 0.6) is 0 Å². The smallest absolute Gasteiger partial charge is 0.307 e. The van der Waals surface area contributed by atoms with E-state index in [1.165, 1.54) is 19.3 Å². The Morgan fingerprint density at radius 3 is 2.53 bits per heavy atom. The quantitative estimate of drug-likeness (QED) is 0.579. The Kier molecular flexibility index (Phi) is 5.51. The summed E-state index contributed by atoms with van der Waals surface area (Å²) >= 11 is 4.06. The molecule has 0 N–H and O–H groups in total. The molecule has 0 spiro atoms. The van der Waals surface area contributed by atoms with Crippen molar-refractivity contribution in [2.75, 3.05) is 5.75 Å². The summed E-state index contributed by atoms with van der Waals surface area (Å²) < 4.78 is 5.67. The largest absolute Gasteiger partial charge is 0.459 e. The van der Waals surface area contributed by atoms with Crippen LogP contribution in [0.15, 0.2) is 0 Å². The zero-order chi connectivity index (χ0) is 11.1. The monoisotopic (exact) mass is 230 g/mol. The molecule has 1 saturated carbocycles. The molecule has 0 heterocycles. The van der Waals surface area contributed by atoms with E-state index in [0.29, 0.717) is 12.2 Å². The normalized spacial score (nSPS) is 19.9. The first kappa shape index (κ1) is 12.9. The van der Waals surface area contributed by atoms with Crippen molar-refractivity contribution in [2.24, 2.45) is 0 Å². The third-order valence-electron chi connectivity index (χ3n) is 3.12. The highest BCUT2D eigenvalue weighted by Crippen LogP contribution is 2.35. The van der Waals surface area contributed by atoms with Crippen molar-refractivity contribution in [3.63, 3.8) is 0 Å². The van der Waals surface area contributed by atoms with E-state index in [4.69, 9.17) is 4.74 Å². The van der Waals surface area contributed by atoms with Gasteiger partial charge in [0, 0.05) is 5.75 Å². The maximum absolute atomic E-state index is 11.5. The molecule has 88 valence electrons. The van der Waals surface area contributed by atoms with Crippen LogP contribution in [0.2, 0.25) is 0 Å². The highest BCUT2D eigenvalue weighted by Gasteiger charge is 2.34. The number of hydrogen-bond acceptors (Lipinski definition) is 3. The van der Waals surface area contributed by atoms with Gasteiger partial charge in [-0.3, -0.25) is 4.79 Å². The average Bonchev–Trinajstić information content (AvgIpc) is 2.19. The fourth-order valence-corrected chi connectivity index (χ4v) is 2.62. The van der Waals surface area contributed by atoms with E-state index in [-0.39, 0.29) is 11.6 Å². The highest BCUT2D eigenvalue weighted by atomic mass is 32.1. The Hall–Kier alpha value is -0.180. The van der Waals surface area contributed by atoms with Gasteiger partial charge < -0.3 is 4.74 Å². The number of thiol groups is 1. The maximum Gasteiger partial charge on any atom is 0.307 e. The van der Waals surface area contributed by atoms with Crippen LogP contribution in [0, 0.1) is 0 Å². The standard InChI is InChI=1S/C12H22O2S/c1-2-7-12(8-4-3-5-9-12)14-11(13)6-10-15/h15H,2-10H2,1H3. The molecule has 0 bridgehead atoms. The first-order chi connectivity index (χ1) is 7.22. The Balaban J connectivity index is 2.51. The summed E-state index contributed by atoms with van der Waals surface area (Å²) in [4.78, 5) is 11.5. The Morgan fingerprint density at radius 2 is 2.00 bits per heavy atom. The fraction of sp³-hybridized carbons (Fsp3) is 0.917. The molecule has 1 aliphatic carbocycles. The Labute approximate surface area is 98.2 Å². The minimum Gasteiger partial charge on any atom is -0.459 e. The molecular formula is C12H22O2S. The molecule has 0 aromatic heterocycles. The summed E-state index contributed by atoms with van der Waals surface area (Å²) in [5.41, 5.74) is -0.132. The molecule has 0 saturated heterocycles. The van der Waals surface area contributed by atoms with Crippen LogP contribution in [-0.4, -0.2) is 17.3 Å². The molecule has 3 heteroatoms. The van der Waals surface area contributed by atoms with E-state index in [1.54, 1.807) is 0 Å². The second-order valence-corrected chi connectivity index (χ2v) is 4.89. The van der Waals surface area contributed by atoms with Crippen LogP contribution >= 0.6 is 12.6 Å². The molecule has 1 aliphatic rings. The van der Waals surface area contributed by atoms with Gasteiger partial charge in [-0.05, 0) is 32.1 Å². The number of esters is 1. The minimum atomic E-state index is -0.132. The van der Waals surface area contributed by atoms with E-state index >= 15 is 0 Å². The van der Waals surface area contributed by atoms with Gasteiger partial charge in [-0.2, -0.15) is 12.6 Å². The van der Waals surface area contributed by atoms with Crippen molar-refractivity contribution in [1.82, 2.24) is 0 Å². The lowest BCUT2D eigenvalue weighted by Crippen LogP contribution is -2.37. The maximum atomic E-state index is 11.5. The Bertz CT molecular complexity index is 192. The summed E-state index contributed by atoms with van der Waals surface area (Å²) in [5.74, 6) is 0.515. The molecule has 2 nitrogen and oxygen atoms in total.